The molecule has 8 heteroatoms. The van der Waals surface area contributed by atoms with Gasteiger partial charge in [0.05, 0.1) is 17.6 Å². The van der Waals surface area contributed by atoms with Crippen LogP contribution in [0, 0.1) is 0 Å². The van der Waals surface area contributed by atoms with Crippen LogP contribution in [0.3, 0.4) is 0 Å². The van der Waals surface area contributed by atoms with E-state index < -0.39 is 10.0 Å². The molecule has 0 saturated heterocycles. The Morgan fingerprint density at radius 2 is 1.85 bits per heavy atom. The van der Waals surface area contributed by atoms with Gasteiger partial charge in [-0.25, -0.2) is 13.1 Å². The van der Waals surface area contributed by atoms with Crippen LogP contribution in [0.2, 0.25) is 0 Å². The van der Waals surface area contributed by atoms with E-state index in [-0.39, 0.29) is 10.8 Å². The number of thioether (sulfide) groups is 1. The third-order valence-corrected chi connectivity index (χ3v) is 5.82. The molecular weight excluding hydrogens is 372 g/mol. The Bertz CT molecular complexity index is 865. The second-order valence-corrected chi connectivity index (χ2v) is 8.09. The Labute approximate surface area is 158 Å². The van der Waals surface area contributed by atoms with Gasteiger partial charge in [0.2, 0.25) is 10.0 Å². The number of rotatable bonds is 8. The normalized spacial score (nSPS) is 11.2. The lowest BCUT2D eigenvalue weighted by Gasteiger charge is -2.11. The number of nitrogens with one attached hydrogen (secondary N) is 2. The van der Waals surface area contributed by atoms with Crippen LogP contribution in [0.1, 0.15) is 23.7 Å². The van der Waals surface area contributed by atoms with Crippen molar-refractivity contribution >= 4 is 33.4 Å². The van der Waals surface area contributed by atoms with E-state index in [0.29, 0.717) is 30.0 Å². The highest BCUT2D eigenvalue weighted by Gasteiger charge is 2.15. The van der Waals surface area contributed by atoms with Gasteiger partial charge in [-0.3, -0.25) is 4.79 Å². The second-order valence-electron chi connectivity index (χ2n) is 5.44. The number of sulfonamides is 1. The number of hydrogen-bond acceptors (Lipinski definition) is 5. The Morgan fingerprint density at radius 3 is 2.42 bits per heavy atom. The SMILES string of the molecule is CCCNS(=O)(=O)c1ccc(NC(=O)c2ccc(SC)cc2OC)cc1. The Kier molecular flexibility index (Phi) is 7.07. The first-order valence-electron chi connectivity index (χ1n) is 8.04. The average Bonchev–Trinajstić information content (AvgIpc) is 2.66. The van der Waals surface area contributed by atoms with Crippen molar-refractivity contribution in [1.29, 1.82) is 0 Å². The van der Waals surface area contributed by atoms with Crippen LogP contribution < -0.4 is 14.8 Å². The van der Waals surface area contributed by atoms with Crippen LogP contribution in [-0.4, -0.2) is 34.2 Å². The van der Waals surface area contributed by atoms with Crippen molar-refractivity contribution in [3.8, 4) is 5.75 Å². The van der Waals surface area contributed by atoms with Gasteiger partial charge in [-0.15, -0.1) is 11.8 Å². The lowest BCUT2D eigenvalue weighted by Crippen LogP contribution is -2.24. The van der Waals surface area contributed by atoms with Crippen molar-refractivity contribution in [3.05, 3.63) is 48.0 Å². The summed E-state index contributed by atoms with van der Waals surface area (Å²) in [6, 6.07) is 11.4. The third kappa shape index (κ3) is 5.00. The molecule has 2 N–H and O–H groups in total. The van der Waals surface area contributed by atoms with E-state index in [0.717, 1.165) is 4.90 Å². The van der Waals surface area contributed by atoms with Gasteiger partial charge in [-0.05, 0) is 55.1 Å². The predicted molar refractivity (Wildman–Crippen MR) is 105 cm³/mol. The molecule has 0 radical (unpaired) electrons. The first-order valence-corrected chi connectivity index (χ1v) is 10.7. The summed E-state index contributed by atoms with van der Waals surface area (Å²) in [5.41, 5.74) is 0.909. The van der Waals surface area contributed by atoms with Crippen LogP contribution in [0.5, 0.6) is 5.75 Å². The van der Waals surface area contributed by atoms with E-state index in [1.165, 1.54) is 19.2 Å². The van der Waals surface area contributed by atoms with E-state index in [4.69, 9.17) is 4.74 Å². The first kappa shape index (κ1) is 20.3. The molecule has 2 aromatic rings. The summed E-state index contributed by atoms with van der Waals surface area (Å²) in [6.45, 7) is 2.27. The maximum absolute atomic E-state index is 12.5. The van der Waals surface area contributed by atoms with Crippen LogP contribution in [0.4, 0.5) is 5.69 Å². The molecule has 0 atom stereocenters. The van der Waals surface area contributed by atoms with Crippen molar-refractivity contribution in [2.45, 2.75) is 23.1 Å². The summed E-state index contributed by atoms with van der Waals surface area (Å²) in [5.74, 6) is 0.159. The zero-order valence-electron chi connectivity index (χ0n) is 14.9. The number of amides is 1. The van der Waals surface area contributed by atoms with Crippen LogP contribution >= 0.6 is 11.8 Å². The molecule has 0 bridgehead atoms. The molecule has 0 aliphatic carbocycles. The lowest BCUT2D eigenvalue weighted by atomic mass is 10.2. The molecule has 0 heterocycles. The molecule has 1 amide bonds. The van der Waals surface area contributed by atoms with Crippen molar-refractivity contribution < 1.29 is 17.9 Å². The van der Waals surface area contributed by atoms with Crippen LogP contribution in [0.25, 0.3) is 0 Å². The Morgan fingerprint density at radius 1 is 1.15 bits per heavy atom. The topological polar surface area (TPSA) is 84.5 Å². The summed E-state index contributed by atoms with van der Waals surface area (Å²) < 4.78 is 31.9. The number of ether oxygens (including phenoxy) is 1. The minimum Gasteiger partial charge on any atom is -0.496 e. The second kappa shape index (κ2) is 9.07. The van der Waals surface area contributed by atoms with Gasteiger partial charge in [0, 0.05) is 17.1 Å². The molecule has 2 rings (SSSR count). The largest absolute Gasteiger partial charge is 0.496 e. The van der Waals surface area contributed by atoms with E-state index in [2.05, 4.69) is 10.0 Å². The summed E-state index contributed by atoms with van der Waals surface area (Å²) >= 11 is 1.56. The van der Waals surface area contributed by atoms with Gasteiger partial charge in [-0.1, -0.05) is 6.92 Å². The maximum atomic E-state index is 12.5. The minimum atomic E-state index is -3.52. The number of anilines is 1. The third-order valence-electron chi connectivity index (χ3n) is 3.62. The number of hydrogen-bond donors (Lipinski definition) is 2. The van der Waals surface area contributed by atoms with Crippen molar-refractivity contribution in [2.75, 3.05) is 25.2 Å². The highest BCUT2D eigenvalue weighted by Crippen LogP contribution is 2.26. The molecule has 0 saturated carbocycles. The fourth-order valence-electron chi connectivity index (χ4n) is 2.22. The van der Waals surface area contributed by atoms with Crippen molar-refractivity contribution in [3.63, 3.8) is 0 Å². The van der Waals surface area contributed by atoms with Crippen LogP contribution in [0.15, 0.2) is 52.3 Å². The summed E-state index contributed by atoms with van der Waals surface area (Å²) in [7, 11) is -2.01. The molecule has 2 aromatic carbocycles. The zero-order valence-corrected chi connectivity index (χ0v) is 16.5. The van der Waals surface area contributed by atoms with E-state index in [1.54, 1.807) is 36.0 Å². The highest BCUT2D eigenvalue weighted by molar-refractivity contribution is 7.98. The monoisotopic (exact) mass is 394 g/mol. The molecule has 0 aromatic heterocycles. The fourth-order valence-corrected chi connectivity index (χ4v) is 3.78. The zero-order chi connectivity index (χ0) is 19.2. The van der Waals surface area contributed by atoms with Gasteiger partial charge < -0.3 is 10.1 Å². The quantitative estimate of drug-likeness (QED) is 0.671. The standard InChI is InChI=1S/C18H22N2O4S2/c1-4-11-19-26(22,23)15-8-5-13(6-9-15)20-18(21)16-10-7-14(25-3)12-17(16)24-2/h5-10,12,19H,4,11H2,1-3H3,(H,20,21). The van der Waals surface area contributed by atoms with Gasteiger partial charge >= 0.3 is 0 Å². The Hall–Kier alpha value is -2.03. The molecule has 0 aliphatic heterocycles. The first-order chi connectivity index (χ1) is 12.4. The number of carbonyl (C=O) groups is 1. The summed E-state index contributed by atoms with van der Waals surface area (Å²) in [4.78, 5) is 13.6. The van der Waals surface area contributed by atoms with E-state index >= 15 is 0 Å². The molecule has 0 fully saturated rings. The van der Waals surface area contributed by atoms with Crippen molar-refractivity contribution in [1.82, 2.24) is 4.72 Å². The number of methoxy groups -OCH3 is 1. The average molecular weight is 395 g/mol. The fraction of sp³-hybridized carbons (Fsp3) is 0.278. The molecule has 140 valence electrons. The van der Waals surface area contributed by atoms with E-state index in [1.807, 2.05) is 19.2 Å². The van der Waals surface area contributed by atoms with Gasteiger partial charge in [0.1, 0.15) is 5.75 Å². The number of carbonyl (C=O) groups excluding carboxylic acids is 1. The minimum absolute atomic E-state index is 0.158. The highest BCUT2D eigenvalue weighted by atomic mass is 32.2. The summed E-state index contributed by atoms with van der Waals surface area (Å²) in [5, 5.41) is 2.75. The molecule has 26 heavy (non-hydrogen) atoms. The Balaban J connectivity index is 2.15. The van der Waals surface area contributed by atoms with Crippen molar-refractivity contribution in [2.24, 2.45) is 0 Å². The van der Waals surface area contributed by atoms with Gasteiger partial charge in [0.25, 0.3) is 5.91 Å². The van der Waals surface area contributed by atoms with Gasteiger partial charge in [-0.2, -0.15) is 0 Å². The van der Waals surface area contributed by atoms with E-state index in [9.17, 15) is 13.2 Å². The predicted octanol–water partition coefficient (Wildman–Crippen LogP) is 3.36. The lowest BCUT2D eigenvalue weighted by molar-refractivity contribution is 0.102. The molecule has 0 unspecified atom stereocenters. The smallest absolute Gasteiger partial charge is 0.259 e. The number of benzene rings is 2. The van der Waals surface area contributed by atoms with Crippen LogP contribution in [-0.2, 0) is 10.0 Å². The molecule has 0 spiro atoms. The molecule has 0 aliphatic rings. The molecule has 6 nitrogen and oxygen atoms in total. The maximum Gasteiger partial charge on any atom is 0.259 e. The summed E-state index contributed by atoms with van der Waals surface area (Å²) in [6.07, 6.45) is 2.66. The molecular formula is C18H22N2O4S2. The van der Waals surface area contributed by atoms with Gasteiger partial charge in [0.15, 0.2) is 0 Å².